The third kappa shape index (κ3) is 2.85. The fourth-order valence-electron chi connectivity index (χ4n) is 4.66. The highest BCUT2D eigenvalue weighted by atomic mass is 19.3. The molecule has 162 valence electrons. The van der Waals surface area contributed by atoms with Crippen LogP contribution in [0.15, 0.2) is 24.3 Å². The molecule has 4 rings (SSSR count). The normalized spacial score (nSPS) is 24.8. The molecular formula is C21H22F5N3O. The standard InChI is InChI=1S/C21H22F5N3O/c1-12(30)27-19(11-20(23,24)21(19,25)26)18-17(13-7-5-8-13)16(28-29(18)2)10-14-6-3-4-9-15(14)22/h3-4,6,9,13H,5,7-8,10-11H2,1-2H3,(H,27,30)/t19-/m1/s1. The number of nitrogens with one attached hydrogen (secondary N) is 1. The first-order valence-electron chi connectivity index (χ1n) is 9.84. The SMILES string of the molecule is CC(=O)N[C@@]1(c2c(C3CCC3)c(Cc3ccccc3F)nn2C)CC(F)(F)C1(F)F. The average molecular weight is 427 g/mol. The lowest BCUT2D eigenvalue weighted by Gasteiger charge is -2.54. The molecule has 2 aliphatic carbocycles. The second-order valence-corrected chi connectivity index (χ2v) is 8.27. The second kappa shape index (κ2) is 6.78. The Kier molecular flexibility index (Phi) is 4.70. The fraction of sp³-hybridized carbons (Fsp3) is 0.524. The highest BCUT2D eigenvalue weighted by Gasteiger charge is 2.82. The van der Waals surface area contributed by atoms with Crippen LogP contribution in [-0.4, -0.2) is 27.5 Å². The molecule has 1 N–H and O–H groups in total. The summed E-state index contributed by atoms with van der Waals surface area (Å²) in [5.74, 6) is -10.2. The maximum atomic E-state index is 14.9. The lowest BCUT2D eigenvalue weighted by Crippen LogP contribution is -2.76. The number of benzene rings is 1. The summed E-state index contributed by atoms with van der Waals surface area (Å²) in [6, 6.07) is 6.06. The van der Waals surface area contributed by atoms with Crippen LogP contribution >= 0.6 is 0 Å². The number of alkyl halides is 4. The van der Waals surface area contributed by atoms with Gasteiger partial charge in [-0.05, 0) is 30.4 Å². The van der Waals surface area contributed by atoms with Crippen molar-refractivity contribution in [1.29, 1.82) is 0 Å². The molecule has 4 nitrogen and oxygen atoms in total. The van der Waals surface area contributed by atoms with Crippen LogP contribution in [0.25, 0.3) is 0 Å². The van der Waals surface area contributed by atoms with Gasteiger partial charge in [0.25, 0.3) is 0 Å². The lowest BCUT2D eigenvalue weighted by molar-refractivity contribution is -0.335. The average Bonchev–Trinajstić information content (AvgIpc) is 2.90. The van der Waals surface area contributed by atoms with Gasteiger partial charge < -0.3 is 5.32 Å². The quantitative estimate of drug-likeness (QED) is 0.718. The highest BCUT2D eigenvalue weighted by Crippen LogP contribution is 2.64. The summed E-state index contributed by atoms with van der Waals surface area (Å²) in [4.78, 5) is 11.8. The zero-order valence-electron chi connectivity index (χ0n) is 16.6. The van der Waals surface area contributed by atoms with Gasteiger partial charge in [0.1, 0.15) is 5.82 Å². The molecule has 30 heavy (non-hydrogen) atoms. The molecule has 9 heteroatoms. The lowest BCUT2D eigenvalue weighted by atomic mass is 9.63. The van der Waals surface area contributed by atoms with Gasteiger partial charge in [-0.25, -0.2) is 4.39 Å². The molecule has 2 saturated carbocycles. The highest BCUT2D eigenvalue weighted by molar-refractivity contribution is 5.75. The number of amides is 1. The maximum Gasteiger partial charge on any atom is 0.338 e. The number of hydrogen-bond donors (Lipinski definition) is 1. The minimum atomic E-state index is -4.48. The van der Waals surface area contributed by atoms with Gasteiger partial charge in [0.2, 0.25) is 5.91 Å². The predicted octanol–water partition coefficient (Wildman–Crippen LogP) is 4.42. The Morgan fingerprint density at radius 3 is 2.40 bits per heavy atom. The third-order valence-electron chi connectivity index (χ3n) is 6.27. The van der Waals surface area contributed by atoms with Gasteiger partial charge >= 0.3 is 11.8 Å². The van der Waals surface area contributed by atoms with Crippen molar-refractivity contribution < 1.29 is 26.7 Å². The number of halogens is 5. The number of hydrogen-bond acceptors (Lipinski definition) is 2. The Hall–Kier alpha value is -2.45. The van der Waals surface area contributed by atoms with E-state index in [0.717, 1.165) is 18.0 Å². The van der Waals surface area contributed by atoms with E-state index in [1.165, 1.54) is 19.2 Å². The molecule has 0 bridgehead atoms. The van der Waals surface area contributed by atoms with Crippen LogP contribution < -0.4 is 5.32 Å². The summed E-state index contributed by atoms with van der Waals surface area (Å²) in [6.45, 7) is 1.02. The molecule has 0 saturated heterocycles. The summed E-state index contributed by atoms with van der Waals surface area (Å²) in [6.07, 6.45) is 1.09. The van der Waals surface area contributed by atoms with E-state index in [4.69, 9.17) is 0 Å². The van der Waals surface area contributed by atoms with Crippen LogP contribution in [0.1, 0.15) is 61.0 Å². The molecule has 0 unspecified atom stereocenters. The van der Waals surface area contributed by atoms with Crippen LogP contribution in [0.3, 0.4) is 0 Å². The number of carbonyl (C=O) groups excluding carboxylic acids is 1. The van der Waals surface area contributed by atoms with Gasteiger partial charge in [-0.1, -0.05) is 24.6 Å². The number of aromatic nitrogens is 2. The van der Waals surface area contributed by atoms with Crippen LogP contribution in [0.5, 0.6) is 0 Å². The first-order chi connectivity index (χ1) is 14.0. The zero-order chi connectivity index (χ0) is 21.9. The van der Waals surface area contributed by atoms with Crippen molar-refractivity contribution in [2.45, 2.75) is 62.3 Å². The third-order valence-corrected chi connectivity index (χ3v) is 6.27. The summed E-state index contributed by atoms with van der Waals surface area (Å²) in [5.41, 5.74) is -1.52. The Morgan fingerprint density at radius 1 is 1.23 bits per heavy atom. The maximum absolute atomic E-state index is 14.9. The predicted molar refractivity (Wildman–Crippen MR) is 99.0 cm³/mol. The molecule has 1 heterocycles. The van der Waals surface area contributed by atoms with E-state index < -0.39 is 35.5 Å². The first kappa shape index (κ1) is 20.8. The van der Waals surface area contributed by atoms with Crippen molar-refractivity contribution in [2.24, 2.45) is 7.05 Å². The molecule has 0 spiro atoms. The summed E-state index contributed by atoms with van der Waals surface area (Å²) in [5, 5.41) is 6.46. The monoisotopic (exact) mass is 427 g/mol. The molecule has 2 fully saturated rings. The van der Waals surface area contributed by atoms with E-state index in [9.17, 15) is 26.7 Å². The smallest absolute Gasteiger partial charge is 0.338 e. The van der Waals surface area contributed by atoms with Gasteiger partial charge in [-0.2, -0.15) is 22.7 Å². The van der Waals surface area contributed by atoms with E-state index in [1.54, 1.807) is 12.1 Å². The van der Waals surface area contributed by atoms with E-state index in [-0.39, 0.29) is 18.0 Å². The molecule has 2 aromatic rings. The number of rotatable bonds is 5. The van der Waals surface area contributed by atoms with Crippen molar-refractivity contribution in [3.05, 3.63) is 52.6 Å². The number of aryl methyl sites for hydroxylation is 1. The van der Waals surface area contributed by atoms with E-state index in [1.807, 2.05) is 0 Å². The van der Waals surface area contributed by atoms with Gasteiger partial charge in [0.05, 0.1) is 17.8 Å². The van der Waals surface area contributed by atoms with Crippen LogP contribution in [-0.2, 0) is 23.8 Å². The van der Waals surface area contributed by atoms with Crippen molar-refractivity contribution in [3.8, 4) is 0 Å². The first-order valence-corrected chi connectivity index (χ1v) is 9.84. The van der Waals surface area contributed by atoms with E-state index >= 15 is 0 Å². The Labute approximate surface area is 170 Å². The summed E-state index contributed by atoms with van der Waals surface area (Å²) in [7, 11) is 1.40. The largest absolute Gasteiger partial charge is 0.339 e. The molecule has 1 amide bonds. The second-order valence-electron chi connectivity index (χ2n) is 8.27. The van der Waals surface area contributed by atoms with Gasteiger partial charge in [-0.3, -0.25) is 9.48 Å². The minimum Gasteiger partial charge on any atom is -0.339 e. The van der Waals surface area contributed by atoms with E-state index in [2.05, 4.69) is 10.4 Å². The van der Waals surface area contributed by atoms with Crippen molar-refractivity contribution in [1.82, 2.24) is 15.1 Å². The topological polar surface area (TPSA) is 46.9 Å². The molecule has 1 aromatic heterocycles. The van der Waals surface area contributed by atoms with Crippen LogP contribution in [0, 0.1) is 5.82 Å². The molecule has 0 radical (unpaired) electrons. The molecule has 0 aliphatic heterocycles. The van der Waals surface area contributed by atoms with Crippen LogP contribution in [0.2, 0.25) is 0 Å². The minimum absolute atomic E-state index is 0.0461. The molecule has 1 aromatic carbocycles. The van der Waals surface area contributed by atoms with Crippen molar-refractivity contribution in [3.63, 3.8) is 0 Å². The fourth-order valence-corrected chi connectivity index (χ4v) is 4.66. The molecule has 1 atom stereocenters. The summed E-state index contributed by atoms with van der Waals surface area (Å²) >= 11 is 0. The number of carbonyl (C=O) groups is 1. The number of nitrogens with zero attached hydrogens (tertiary/aromatic N) is 2. The van der Waals surface area contributed by atoms with E-state index in [0.29, 0.717) is 29.7 Å². The molecule has 2 aliphatic rings. The molecular weight excluding hydrogens is 405 g/mol. The van der Waals surface area contributed by atoms with Gasteiger partial charge in [0, 0.05) is 26.0 Å². The van der Waals surface area contributed by atoms with Crippen LogP contribution in [0.4, 0.5) is 22.0 Å². The zero-order valence-corrected chi connectivity index (χ0v) is 16.6. The Bertz CT molecular complexity index is 999. The van der Waals surface area contributed by atoms with Gasteiger partial charge in [-0.15, -0.1) is 0 Å². The summed E-state index contributed by atoms with van der Waals surface area (Å²) < 4.78 is 73.0. The van der Waals surface area contributed by atoms with Gasteiger partial charge in [0.15, 0.2) is 5.54 Å². The Balaban J connectivity index is 1.88. The Morgan fingerprint density at radius 2 is 1.90 bits per heavy atom. The van der Waals surface area contributed by atoms with Crippen molar-refractivity contribution >= 4 is 5.91 Å². The van der Waals surface area contributed by atoms with Crippen molar-refractivity contribution in [2.75, 3.05) is 0 Å².